The molecular formula is C16H12Cl2N6O3S. The molecule has 9 nitrogen and oxygen atoms in total. The number of amides is 1. The van der Waals surface area contributed by atoms with Crippen molar-refractivity contribution in [2.24, 2.45) is 0 Å². The van der Waals surface area contributed by atoms with Gasteiger partial charge < -0.3 is 11.2 Å². The van der Waals surface area contributed by atoms with Gasteiger partial charge in [-0.15, -0.1) is 10.2 Å². The molecule has 1 heterocycles. The molecule has 2 aromatic carbocycles. The van der Waals surface area contributed by atoms with E-state index in [4.69, 9.17) is 29.0 Å². The van der Waals surface area contributed by atoms with Gasteiger partial charge in [0.15, 0.2) is 5.82 Å². The first kappa shape index (κ1) is 19.9. The summed E-state index contributed by atoms with van der Waals surface area (Å²) in [6.07, 6.45) is 0. The first-order valence-electron chi connectivity index (χ1n) is 7.69. The average Bonchev–Trinajstić information content (AvgIpc) is 3.02. The smallest absolute Gasteiger partial charge is 0.292 e. The Labute approximate surface area is 173 Å². The Morgan fingerprint density at radius 2 is 2.00 bits per heavy atom. The summed E-state index contributed by atoms with van der Waals surface area (Å²) in [4.78, 5) is 22.6. The van der Waals surface area contributed by atoms with E-state index in [9.17, 15) is 14.9 Å². The summed E-state index contributed by atoms with van der Waals surface area (Å²) in [6.45, 7) is 0. The van der Waals surface area contributed by atoms with Crippen LogP contribution in [0.25, 0.3) is 11.4 Å². The molecule has 0 unspecified atom stereocenters. The number of nitro groups is 1. The maximum atomic E-state index is 12.2. The van der Waals surface area contributed by atoms with Crippen molar-refractivity contribution in [3.8, 4) is 11.4 Å². The Morgan fingerprint density at radius 1 is 1.25 bits per heavy atom. The molecule has 144 valence electrons. The van der Waals surface area contributed by atoms with Crippen LogP contribution >= 0.6 is 35.0 Å². The lowest BCUT2D eigenvalue weighted by Gasteiger charge is -2.07. The number of carbonyl (C=O) groups is 1. The highest BCUT2D eigenvalue weighted by atomic mass is 35.5. The molecule has 3 aromatic rings. The summed E-state index contributed by atoms with van der Waals surface area (Å²) < 4.78 is 1.19. The van der Waals surface area contributed by atoms with Crippen LogP contribution in [-0.2, 0) is 4.79 Å². The molecule has 12 heteroatoms. The first-order chi connectivity index (χ1) is 13.4. The number of nitrogens with zero attached hydrogens (tertiary/aromatic N) is 4. The number of nitrogen functional groups attached to an aromatic ring is 1. The number of hydrogen-bond acceptors (Lipinski definition) is 7. The predicted molar refractivity (Wildman–Crippen MR) is 108 cm³/mol. The van der Waals surface area contributed by atoms with Gasteiger partial charge in [0, 0.05) is 16.7 Å². The SMILES string of the molecule is Nn1c(SCC(=O)Nc2ccccc2[N+](=O)[O-])nnc1-c1cc(Cl)ccc1Cl. The van der Waals surface area contributed by atoms with Crippen LogP contribution in [0, 0.1) is 10.1 Å². The van der Waals surface area contributed by atoms with Crippen molar-refractivity contribution in [2.45, 2.75) is 5.16 Å². The van der Waals surface area contributed by atoms with Crippen molar-refractivity contribution >= 4 is 52.2 Å². The zero-order valence-electron chi connectivity index (χ0n) is 14.0. The quantitative estimate of drug-likeness (QED) is 0.260. The second-order valence-electron chi connectivity index (χ2n) is 5.41. The Morgan fingerprint density at radius 3 is 2.75 bits per heavy atom. The van der Waals surface area contributed by atoms with Crippen LogP contribution in [0.5, 0.6) is 0 Å². The fourth-order valence-electron chi connectivity index (χ4n) is 2.28. The van der Waals surface area contributed by atoms with Gasteiger partial charge in [-0.2, -0.15) is 0 Å². The van der Waals surface area contributed by atoms with Gasteiger partial charge in [0.05, 0.1) is 15.7 Å². The lowest BCUT2D eigenvalue weighted by atomic mass is 10.2. The molecule has 0 spiro atoms. The third-order valence-electron chi connectivity index (χ3n) is 3.54. The number of benzene rings is 2. The minimum absolute atomic E-state index is 0.0787. The third-order valence-corrected chi connectivity index (χ3v) is 5.05. The summed E-state index contributed by atoms with van der Waals surface area (Å²) in [5.41, 5.74) is 0.416. The van der Waals surface area contributed by atoms with Crippen LogP contribution < -0.4 is 11.2 Å². The highest BCUT2D eigenvalue weighted by molar-refractivity contribution is 7.99. The van der Waals surface area contributed by atoms with Gasteiger partial charge in [-0.1, -0.05) is 47.1 Å². The lowest BCUT2D eigenvalue weighted by molar-refractivity contribution is -0.383. The molecular weight excluding hydrogens is 427 g/mol. The van der Waals surface area contributed by atoms with Gasteiger partial charge in [0.25, 0.3) is 5.69 Å². The number of rotatable bonds is 6. The van der Waals surface area contributed by atoms with Gasteiger partial charge >= 0.3 is 0 Å². The Hall–Kier alpha value is -2.82. The van der Waals surface area contributed by atoms with E-state index in [2.05, 4.69) is 15.5 Å². The first-order valence-corrected chi connectivity index (χ1v) is 9.43. The molecule has 0 aliphatic carbocycles. The Kier molecular flexibility index (Phi) is 6.02. The molecule has 0 bridgehead atoms. The van der Waals surface area contributed by atoms with Crippen molar-refractivity contribution in [1.29, 1.82) is 0 Å². The monoisotopic (exact) mass is 438 g/mol. The maximum absolute atomic E-state index is 12.2. The van der Waals surface area contributed by atoms with E-state index in [1.54, 1.807) is 24.3 Å². The van der Waals surface area contributed by atoms with E-state index in [-0.39, 0.29) is 28.1 Å². The van der Waals surface area contributed by atoms with E-state index in [1.807, 2.05) is 0 Å². The number of nitro benzene ring substituents is 1. The predicted octanol–water partition coefficient (Wildman–Crippen LogP) is 3.60. The summed E-state index contributed by atoms with van der Waals surface area (Å²) in [5, 5.41) is 22.6. The van der Waals surface area contributed by atoms with Gasteiger partial charge in [0.1, 0.15) is 5.69 Å². The van der Waals surface area contributed by atoms with Crippen molar-refractivity contribution < 1.29 is 9.72 Å². The van der Waals surface area contributed by atoms with Crippen LogP contribution in [0.15, 0.2) is 47.6 Å². The molecule has 28 heavy (non-hydrogen) atoms. The molecule has 0 radical (unpaired) electrons. The molecule has 1 aromatic heterocycles. The van der Waals surface area contributed by atoms with Gasteiger partial charge in [0.2, 0.25) is 11.1 Å². The topological polar surface area (TPSA) is 129 Å². The second kappa shape index (κ2) is 8.46. The van der Waals surface area contributed by atoms with Crippen LogP contribution in [-0.4, -0.2) is 31.5 Å². The fourth-order valence-corrected chi connectivity index (χ4v) is 3.31. The number of nitrogens with one attached hydrogen (secondary N) is 1. The zero-order chi connectivity index (χ0) is 20.3. The van der Waals surface area contributed by atoms with Gasteiger partial charge in [-0.05, 0) is 24.3 Å². The summed E-state index contributed by atoms with van der Waals surface area (Å²) >= 11 is 13.1. The van der Waals surface area contributed by atoms with Crippen LogP contribution in [0.2, 0.25) is 10.0 Å². The zero-order valence-corrected chi connectivity index (χ0v) is 16.3. The molecule has 1 amide bonds. The number of nitrogens with two attached hydrogens (primary N) is 1. The number of hydrogen-bond donors (Lipinski definition) is 2. The molecule has 0 atom stereocenters. The number of para-hydroxylation sites is 2. The highest BCUT2D eigenvalue weighted by Crippen LogP contribution is 2.30. The Balaban J connectivity index is 1.71. The van der Waals surface area contributed by atoms with E-state index in [1.165, 1.54) is 22.9 Å². The number of anilines is 1. The van der Waals surface area contributed by atoms with Crippen molar-refractivity contribution in [2.75, 3.05) is 16.9 Å². The van der Waals surface area contributed by atoms with Crippen molar-refractivity contribution in [1.82, 2.24) is 14.9 Å². The minimum atomic E-state index is -0.569. The Bertz CT molecular complexity index is 1060. The standard InChI is InChI=1S/C16H12Cl2N6O3S/c17-9-5-6-11(18)10(7-9)15-21-22-16(23(15)19)28-8-14(25)20-12-3-1-2-4-13(12)24(26)27/h1-7H,8,19H2,(H,20,25). The van der Waals surface area contributed by atoms with Crippen LogP contribution in [0.1, 0.15) is 0 Å². The minimum Gasteiger partial charge on any atom is -0.335 e. The molecule has 3 N–H and O–H groups in total. The van der Waals surface area contributed by atoms with E-state index >= 15 is 0 Å². The van der Waals surface area contributed by atoms with Crippen molar-refractivity contribution in [3.05, 3.63) is 62.6 Å². The fraction of sp³-hybridized carbons (Fsp3) is 0.0625. The largest absolute Gasteiger partial charge is 0.335 e. The summed E-state index contributed by atoms with van der Waals surface area (Å²) in [7, 11) is 0. The lowest BCUT2D eigenvalue weighted by Crippen LogP contribution is -2.17. The van der Waals surface area contributed by atoms with E-state index in [0.29, 0.717) is 15.6 Å². The van der Waals surface area contributed by atoms with E-state index < -0.39 is 10.8 Å². The van der Waals surface area contributed by atoms with Gasteiger partial charge in [-0.25, -0.2) is 4.68 Å². The number of halogens is 2. The second-order valence-corrected chi connectivity index (χ2v) is 7.20. The highest BCUT2D eigenvalue weighted by Gasteiger charge is 2.18. The summed E-state index contributed by atoms with van der Waals surface area (Å²) in [6, 6.07) is 10.7. The number of thioether (sulfide) groups is 1. The molecule has 0 aliphatic heterocycles. The molecule has 0 fully saturated rings. The average molecular weight is 439 g/mol. The molecule has 0 aliphatic rings. The van der Waals surface area contributed by atoms with Crippen molar-refractivity contribution in [3.63, 3.8) is 0 Å². The summed E-state index contributed by atoms with van der Waals surface area (Å²) in [5.74, 6) is 5.76. The number of aromatic nitrogens is 3. The maximum Gasteiger partial charge on any atom is 0.292 e. The third kappa shape index (κ3) is 4.35. The normalized spacial score (nSPS) is 10.6. The number of carbonyl (C=O) groups excluding carboxylic acids is 1. The van der Waals surface area contributed by atoms with Crippen LogP contribution in [0.4, 0.5) is 11.4 Å². The molecule has 0 saturated carbocycles. The molecule has 0 saturated heterocycles. The van der Waals surface area contributed by atoms with Gasteiger partial charge in [-0.3, -0.25) is 14.9 Å². The van der Waals surface area contributed by atoms with E-state index in [0.717, 1.165) is 11.8 Å². The van der Waals surface area contributed by atoms with Crippen LogP contribution in [0.3, 0.4) is 0 Å². The molecule has 3 rings (SSSR count).